The lowest BCUT2D eigenvalue weighted by Gasteiger charge is -1.98. The molecule has 2 rings (SSSR count). The molecule has 4 nitrogen and oxygen atoms in total. The molecule has 0 radical (unpaired) electrons. The standard InChI is InChI=1S/C10H13N3OS.C2H6/c1-7-5-4-6-8-9(7)13(2)11-10(8)12-15(3)14;1-2/h4-6H,1-3H3,(H,11,12);1-2H3. The molecule has 0 aliphatic rings. The van der Waals surface area contributed by atoms with Crippen molar-refractivity contribution in [2.45, 2.75) is 20.8 Å². The maximum atomic E-state index is 11.1. The minimum atomic E-state index is -1.09. The van der Waals surface area contributed by atoms with E-state index in [-0.39, 0.29) is 0 Å². The fourth-order valence-electron chi connectivity index (χ4n) is 1.74. The number of hydrogen-bond acceptors (Lipinski definition) is 2. The molecule has 1 unspecified atom stereocenters. The van der Waals surface area contributed by atoms with Crippen LogP contribution < -0.4 is 4.72 Å². The highest BCUT2D eigenvalue weighted by atomic mass is 32.2. The van der Waals surface area contributed by atoms with Crippen LogP contribution >= 0.6 is 0 Å². The Morgan fingerprint density at radius 1 is 1.35 bits per heavy atom. The van der Waals surface area contributed by atoms with Gasteiger partial charge in [-0.2, -0.15) is 5.10 Å². The largest absolute Gasteiger partial charge is 0.288 e. The normalized spacial score (nSPS) is 11.8. The zero-order chi connectivity index (χ0) is 13.0. The molecule has 0 fully saturated rings. The molecule has 5 heteroatoms. The monoisotopic (exact) mass is 253 g/mol. The summed E-state index contributed by atoms with van der Waals surface area (Å²) in [7, 11) is 0.796. The van der Waals surface area contributed by atoms with Crippen molar-refractivity contribution in [1.29, 1.82) is 0 Å². The summed E-state index contributed by atoms with van der Waals surface area (Å²) in [5, 5.41) is 5.31. The highest BCUT2D eigenvalue weighted by Gasteiger charge is 2.10. The molecule has 1 heterocycles. The molecule has 1 aromatic heterocycles. The predicted molar refractivity (Wildman–Crippen MR) is 74.5 cm³/mol. The van der Waals surface area contributed by atoms with Crippen LogP contribution in [0.5, 0.6) is 0 Å². The van der Waals surface area contributed by atoms with E-state index in [0.29, 0.717) is 5.82 Å². The van der Waals surface area contributed by atoms with Crippen LogP contribution in [-0.2, 0) is 18.0 Å². The van der Waals surface area contributed by atoms with Gasteiger partial charge in [0.2, 0.25) is 0 Å². The molecular weight excluding hydrogens is 234 g/mol. The molecule has 0 saturated heterocycles. The van der Waals surface area contributed by atoms with Crippen molar-refractivity contribution in [3.8, 4) is 0 Å². The quantitative estimate of drug-likeness (QED) is 0.894. The van der Waals surface area contributed by atoms with Gasteiger partial charge in [0, 0.05) is 18.7 Å². The Bertz CT molecular complexity index is 534. The first kappa shape index (κ1) is 13.7. The first-order chi connectivity index (χ1) is 8.09. The average molecular weight is 253 g/mol. The average Bonchev–Trinajstić information content (AvgIpc) is 2.59. The van der Waals surface area contributed by atoms with E-state index in [9.17, 15) is 4.21 Å². The number of nitrogens with one attached hydrogen (secondary N) is 1. The zero-order valence-electron chi connectivity index (χ0n) is 10.9. The summed E-state index contributed by atoms with van der Waals surface area (Å²) in [5.74, 6) is 0.678. The van der Waals surface area contributed by atoms with Gasteiger partial charge < -0.3 is 0 Å². The maximum Gasteiger partial charge on any atom is 0.167 e. The Morgan fingerprint density at radius 3 is 2.59 bits per heavy atom. The lowest BCUT2D eigenvalue weighted by molar-refractivity contribution is 0.689. The van der Waals surface area contributed by atoms with E-state index in [1.165, 1.54) is 0 Å². The molecule has 1 N–H and O–H groups in total. The number of aromatic nitrogens is 2. The predicted octanol–water partition coefficient (Wildman–Crippen LogP) is 2.61. The summed E-state index contributed by atoms with van der Waals surface area (Å²) in [4.78, 5) is 0. The van der Waals surface area contributed by atoms with Crippen molar-refractivity contribution in [3.05, 3.63) is 23.8 Å². The van der Waals surface area contributed by atoms with Gasteiger partial charge in [-0.05, 0) is 18.6 Å². The van der Waals surface area contributed by atoms with Crippen LogP contribution in [0, 0.1) is 6.92 Å². The number of anilines is 1. The lowest BCUT2D eigenvalue weighted by atomic mass is 10.1. The summed E-state index contributed by atoms with van der Waals surface area (Å²) < 4.78 is 15.7. The van der Waals surface area contributed by atoms with Crippen molar-refractivity contribution in [1.82, 2.24) is 9.78 Å². The van der Waals surface area contributed by atoms with Gasteiger partial charge in [0.25, 0.3) is 0 Å². The van der Waals surface area contributed by atoms with E-state index in [0.717, 1.165) is 16.5 Å². The van der Waals surface area contributed by atoms with Crippen molar-refractivity contribution >= 4 is 27.7 Å². The van der Waals surface area contributed by atoms with Crippen LogP contribution in [0.1, 0.15) is 19.4 Å². The number of benzene rings is 1. The lowest BCUT2D eigenvalue weighted by Crippen LogP contribution is -2.02. The van der Waals surface area contributed by atoms with Crippen molar-refractivity contribution in [2.75, 3.05) is 11.0 Å². The summed E-state index contributed by atoms with van der Waals surface area (Å²) in [6, 6.07) is 5.99. The third-order valence-corrected chi connectivity index (χ3v) is 2.79. The Hall–Kier alpha value is -1.36. The van der Waals surface area contributed by atoms with Gasteiger partial charge >= 0.3 is 0 Å². The second kappa shape index (κ2) is 5.82. The molecule has 0 aliphatic carbocycles. The smallest absolute Gasteiger partial charge is 0.167 e. The second-order valence-corrected chi connectivity index (χ2v) is 4.61. The second-order valence-electron chi connectivity index (χ2n) is 3.50. The Labute approximate surface area is 105 Å². The molecule has 0 aliphatic heterocycles. The number of para-hydroxylation sites is 1. The highest BCUT2D eigenvalue weighted by molar-refractivity contribution is 7.85. The van der Waals surface area contributed by atoms with Gasteiger partial charge in [-0.15, -0.1) is 0 Å². The summed E-state index contributed by atoms with van der Waals surface area (Å²) in [6.45, 7) is 6.04. The molecular formula is C12H19N3OS. The first-order valence-electron chi connectivity index (χ1n) is 5.62. The highest BCUT2D eigenvalue weighted by Crippen LogP contribution is 2.24. The Balaban J connectivity index is 0.000000686. The number of fused-ring (bicyclic) bond motifs is 1. The Kier molecular flexibility index (Phi) is 4.69. The molecule has 1 aromatic carbocycles. The van der Waals surface area contributed by atoms with Crippen molar-refractivity contribution in [2.24, 2.45) is 7.05 Å². The van der Waals surface area contributed by atoms with Gasteiger partial charge in [-0.3, -0.25) is 9.40 Å². The fourth-order valence-corrected chi connectivity index (χ4v) is 2.17. The van der Waals surface area contributed by atoms with Crippen LogP contribution in [0.4, 0.5) is 5.82 Å². The van der Waals surface area contributed by atoms with E-state index in [1.54, 1.807) is 10.9 Å². The van der Waals surface area contributed by atoms with Gasteiger partial charge in [-0.25, -0.2) is 4.21 Å². The van der Waals surface area contributed by atoms with Crippen LogP contribution in [-0.4, -0.2) is 20.2 Å². The molecule has 0 spiro atoms. The molecule has 0 bridgehead atoms. The van der Waals surface area contributed by atoms with E-state index in [4.69, 9.17) is 0 Å². The number of rotatable bonds is 2. The maximum absolute atomic E-state index is 11.1. The van der Waals surface area contributed by atoms with E-state index < -0.39 is 11.0 Å². The number of aryl methyl sites for hydroxylation is 2. The van der Waals surface area contributed by atoms with Gasteiger partial charge in [0.15, 0.2) is 5.82 Å². The zero-order valence-corrected chi connectivity index (χ0v) is 11.8. The number of hydrogen-bond donors (Lipinski definition) is 1. The van der Waals surface area contributed by atoms with E-state index in [2.05, 4.69) is 9.82 Å². The summed E-state index contributed by atoms with van der Waals surface area (Å²) >= 11 is 0. The van der Waals surface area contributed by atoms with Gasteiger partial charge in [-0.1, -0.05) is 26.0 Å². The topological polar surface area (TPSA) is 46.9 Å². The summed E-state index contributed by atoms with van der Waals surface area (Å²) in [5.41, 5.74) is 2.24. The van der Waals surface area contributed by atoms with Gasteiger partial charge in [0.05, 0.1) is 5.52 Å². The summed E-state index contributed by atoms with van der Waals surface area (Å²) in [6.07, 6.45) is 1.59. The van der Waals surface area contributed by atoms with E-state index >= 15 is 0 Å². The minimum Gasteiger partial charge on any atom is -0.288 e. The number of nitrogens with zero attached hydrogens (tertiary/aromatic N) is 2. The molecule has 17 heavy (non-hydrogen) atoms. The molecule has 0 saturated carbocycles. The molecule has 0 amide bonds. The van der Waals surface area contributed by atoms with Crippen LogP contribution in [0.3, 0.4) is 0 Å². The van der Waals surface area contributed by atoms with Gasteiger partial charge in [0.1, 0.15) is 11.0 Å². The molecule has 1 atom stereocenters. The minimum absolute atomic E-state index is 0.678. The Morgan fingerprint density at radius 2 is 2.00 bits per heavy atom. The SMILES string of the molecule is CC.Cc1cccc2c(NS(C)=O)nn(C)c12. The fraction of sp³-hybridized carbons (Fsp3) is 0.417. The van der Waals surface area contributed by atoms with Crippen LogP contribution in [0.25, 0.3) is 10.9 Å². The molecule has 2 aromatic rings. The third kappa shape index (κ3) is 2.85. The van der Waals surface area contributed by atoms with Crippen LogP contribution in [0.2, 0.25) is 0 Å². The first-order valence-corrected chi connectivity index (χ1v) is 7.18. The van der Waals surface area contributed by atoms with E-state index in [1.807, 2.05) is 46.0 Å². The molecule has 94 valence electrons. The van der Waals surface area contributed by atoms with Crippen molar-refractivity contribution in [3.63, 3.8) is 0 Å². The van der Waals surface area contributed by atoms with Crippen molar-refractivity contribution < 1.29 is 4.21 Å². The van der Waals surface area contributed by atoms with Crippen LogP contribution in [0.15, 0.2) is 18.2 Å². The third-order valence-electron chi connectivity index (χ3n) is 2.31.